The molecule has 0 unspecified atom stereocenters. The molecule has 0 bridgehead atoms. The first-order valence-electron chi connectivity index (χ1n) is 5.78. The van der Waals surface area contributed by atoms with Gasteiger partial charge in [0, 0.05) is 13.2 Å². The normalized spacial score (nSPS) is 11.3. The highest BCUT2D eigenvalue weighted by atomic mass is 16.3. The van der Waals surface area contributed by atoms with Crippen molar-refractivity contribution in [2.24, 2.45) is 0 Å². The van der Waals surface area contributed by atoms with E-state index >= 15 is 0 Å². The Labute approximate surface area is 87.7 Å². The molecular formula is C12H24O2. The topological polar surface area (TPSA) is 40.5 Å². The molecule has 84 valence electrons. The largest absolute Gasteiger partial charge is 0.396 e. The molecule has 2 N–H and O–H groups in total. The standard InChI is InChI=1S/C12H24O2/c13-11-9-7-5-3-1-2-4-6-8-10-12-14/h5,7,13-14H,1-4,6,8-12H2/b7-5+. The highest BCUT2D eigenvalue weighted by molar-refractivity contribution is 4.80. The summed E-state index contributed by atoms with van der Waals surface area (Å²) in [5.41, 5.74) is 0. The lowest BCUT2D eigenvalue weighted by molar-refractivity contribution is 0.282. The number of rotatable bonds is 10. The molecule has 0 rings (SSSR count). The van der Waals surface area contributed by atoms with Crippen LogP contribution < -0.4 is 0 Å². The van der Waals surface area contributed by atoms with Gasteiger partial charge < -0.3 is 10.2 Å². The molecule has 0 fully saturated rings. The van der Waals surface area contributed by atoms with Gasteiger partial charge in [0.2, 0.25) is 0 Å². The summed E-state index contributed by atoms with van der Waals surface area (Å²) >= 11 is 0. The second-order valence-corrected chi connectivity index (χ2v) is 3.62. The summed E-state index contributed by atoms with van der Waals surface area (Å²) in [5, 5.41) is 17.1. The third kappa shape index (κ3) is 11.7. The number of allylic oxidation sites excluding steroid dienone is 1. The Hall–Kier alpha value is -0.340. The first-order valence-corrected chi connectivity index (χ1v) is 5.78. The molecule has 0 spiro atoms. The first kappa shape index (κ1) is 13.7. The summed E-state index contributed by atoms with van der Waals surface area (Å²) in [6.07, 6.45) is 13.3. The van der Waals surface area contributed by atoms with Crippen molar-refractivity contribution in [3.63, 3.8) is 0 Å². The molecular weight excluding hydrogens is 176 g/mol. The maximum Gasteiger partial charge on any atom is 0.0465 e. The van der Waals surface area contributed by atoms with Gasteiger partial charge in [0.1, 0.15) is 0 Å². The smallest absolute Gasteiger partial charge is 0.0465 e. The zero-order valence-corrected chi connectivity index (χ0v) is 9.12. The minimum atomic E-state index is 0.262. The Kier molecular flexibility index (Phi) is 12.4. The highest BCUT2D eigenvalue weighted by Gasteiger charge is 1.89. The fraction of sp³-hybridized carbons (Fsp3) is 0.833. The van der Waals surface area contributed by atoms with Crippen LogP contribution in [0.5, 0.6) is 0 Å². The van der Waals surface area contributed by atoms with Crippen molar-refractivity contribution >= 4 is 0 Å². The number of hydrogen-bond donors (Lipinski definition) is 2. The molecule has 0 saturated carbocycles. The minimum Gasteiger partial charge on any atom is -0.396 e. The lowest BCUT2D eigenvalue weighted by atomic mass is 10.1. The Morgan fingerprint density at radius 2 is 1.14 bits per heavy atom. The van der Waals surface area contributed by atoms with Crippen LogP contribution in [-0.2, 0) is 0 Å². The Morgan fingerprint density at radius 1 is 0.571 bits per heavy atom. The summed E-state index contributed by atoms with van der Waals surface area (Å²) in [5.74, 6) is 0. The first-order chi connectivity index (χ1) is 6.91. The molecule has 0 aromatic carbocycles. The van der Waals surface area contributed by atoms with E-state index in [-0.39, 0.29) is 6.61 Å². The van der Waals surface area contributed by atoms with Crippen LogP contribution in [0.15, 0.2) is 12.2 Å². The van der Waals surface area contributed by atoms with E-state index in [9.17, 15) is 0 Å². The van der Waals surface area contributed by atoms with Gasteiger partial charge in [-0.2, -0.15) is 0 Å². The zero-order valence-electron chi connectivity index (χ0n) is 9.12. The molecule has 0 aliphatic carbocycles. The van der Waals surface area contributed by atoms with Crippen LogP contribution in [0.4, 0.5) is 0 Å². The predicted molar refractivity (Wildman–Crippen MR) is 60.2 cm³/mol. The quantitative estimate of drug-likeness (QED) is 0.420. The molecule has 0 aliphatic heterocycles. The fourth-order valence-corrected chi connectivity index (χ4v) is 1.39. The van der Waals surface area contributed by atoms with E-state index in [0.29, 0.717) is 6.61 Å². The van der Waals surface area contributed by atoms with Gasteiger partial charge in [-0.1, -0.05) is 37.8 Å². The highest BCUT2D eigenvalue weighted by Crippen LogP contribution is 2.07. The molecule has 0 aromatic heterocycles. The van der Waals surface area contributed by atoms with E-state index in [4.69, 9.17) is 10.2 Å². The third-order valence-corrected chi connectivity index (χ3v) is 2.24. The molecule has 0 saturated heterocycles. The van der Waals surface area contributed by atoms with Crippen molar-refractivity contribution in [1.29, 1.82) is 0 Å². The van der Waals surface area contributed by atoms with Gasteiger partial charge in [-0.15, -0.1) is 0 Å². The molecule has 0 heterocycles. The monoisotopic (exact) mass is 200 g/mol. The molecule has 0 aromatic rings. The third-order valence-electron chi connectivity index (χ3n) is 2.24. The Morgan fingerprint density at radius 3 is 1.79 bits per heavy atom. The van der Waals surface area contributed by atoms with Crippen molar-refractivity contribution in [2.75, 3.05) is 13.2 Å². The summed E-state index contributed by atoms with van der Waals surface area (Å²) in [6, 6.07) is 0. The van der Waals surface area contributed by atoms with Crippen molar-refractivity contribution in [1.82, 2.24) is 0 Å². The van der Waals surface area contributed by atoms with Crippen molar-refractivity contribution in [2.45, 2.75) is 51.4 Å². The van der Waals surface area contributed by atoms with E-state index in [2.05, 4.69) is 6.08 Å². The van der Waals surface area contributed by atoms with Crippen LogP contribution >= 0.6 is 0 Å². The van der Waals surface area contributed by atoms with Gasteiger partial charge in [-0.3, -0.25) is 0 Å². The molecule has 2 heteroatoms. The maximum absolute atomic E-state index is 8.56. The molecule has 2 nitrogen and oxygen atoms in total. The number of hydrogen-bond acceptors (Lipinski definition) is 2. The summed E-state index contributed by atoms with van der Waals surface area (Å²) < 4.78 is 0. The van der Waals surface area contributed by atoms with Crippen LogP contribution in [0.25, 0.3) is 0 Å². The van der Waals surface area contributed by atoms with Gasteiger partial charge in [-0.25, -0.2) is 0 Å². The maximum atomic E-state index is 8.56. The van der Waals surface area contributed by atoms with Crippen LogP contribution in [0.2, 0.25) is 0 Å². The minimum absolute atomic E-state index is 0.262. The van der Waals surface area contributed by atoms with Crippen LogP contribution in [0.3, 0.4) is 0 Å². The Bertz CT molecular complexity index is 121. The summed E-state index contributed by atoms with van der Waals surface area (Å²) in [4.78, 5) is 0. The zero-order chi connectivity index (χ0) is 10.5. The second-order valence-electron chi connectivity index (χ2n) is 3.62. The number of unbranched alkanes of at least 4 members (excludes halogenated alkanes) is 6. The summed E-state index contributed by atoms with van der Waals surface area (Å²) in [7, 11) is 0. The van der Waals surface area contributed by atoms with Crippen molar-refractivity contribution in [3.8, 4) is 0 Å². The van der Waals surface area contributed by atoms with E-state index in [0.717, 1.165) is 25.7 Å². The van der Waals surface area contributed by atoms with Crippen molar-refractivity contribution < 1.29 is 10.2 Å². The number of aliphatic hydroxyl groups is 2. The molecule has 0 atom stereocenters. The predicted octanol–water partition coefficient (Wildman–Crippen LogP) is 2.65. The van der Waals surface area contributed by atoms with E-state index in [1.807, 2.05) is 6.08 Å². The van der Waals surface area contributed by atoms with E-state index in [1.165, 1.54) is 25.7 Å². The van der Waals surface area contributed by atoms with Crippen molar-refractivity contribution in [3.05, 3.63) is 12.2 Å². The van der Waals surface area contributed by atoms with E-state index < -0.39 is 0 Å². The Balaban J connectivity index is 2.91. The summed E-state index contributed by atoms with van der Waals surface area (Å²) in [6.45, 7) is 0.599. The SMILES string of the molecule is OCC/C=C/CCCCCCCCO. The molecule has 0 aliphatic rings. The van der Waals surface area contributed by atoms with Gasteiger partial charge in [-0.05, 0) is 25.7 Å². The van der Waals surface area contributed by atoms with Gasteiger partial charge in [0.05, 0.1) is 0 Å². The number of aliphatic hydroxyl groups excluding tert-OH is 2. The lowest BCUT2D eigenvalue weighted by Gasteiger charge is -1.98. The van der Waals surface area contributed by atoms with Gasteiger partial charge in [0.15, 0.2) is 0 Å². The fourth-order valence-electron chi connectivity index (χ4n) is 1.39. The molecule has 14 heavy (non-hydrogen) atoms. The van der Waals surface area contributed by atoms with Gasteiger partial charge >= 0.3 is 0 Å². The average molecular weight is 200 g/mol. The molecule has 0 radical (unpaired) electrons. The van der Waals surface area contributed by atoms with Crippen LogP contribution in [0.1, 0.15) is 51.4 Å². The molecule has 0 amide bonds. The second kappa shape index (κ2) is 12.7. The lowest BCUT2D eigenvalue weighted by Crippen LogP contribution is -1.83. The average Bonchev–Trinajstić information content (AvgIpc) is 2.21. The van der Waals surface area contributed by atoms with Gasteiger partial charge in [0.25, 0.3) is 0 Å². The van der Waals surface area contributed by atoms with Crippen LogP contribution in [0, 0.1) is 0 Å². The van der Waals surface area contributed by atoms with E-state index in [1.54, 1.807) is 0 Å². The van der Waals surface area contributed by atoms with Crippen LogP contribution in [-0.4, -0.2) is 23.4 Å².